The lowest BCUT2D eigenvalue weighted by atomic mass is 9.96. The van der Waals surface area contributed by atoms with Crippen LogP contribution >= 0.6 is 11.8 Å². The van der Waals surface area contributed by atoms with Gasteiger partial charge in [0.2, 0.25) is 0 Å². The molecule has 0 spiro atoms. The Morgan fingerprint density at radius 3 is 2.42 bits per heavy atom. The number of thioether (sulfide) groups is 1. The van der Waals surface area contributed by atoms with Crippen molar-refractivity contribution in [2.24, 2.45) is 0 Å². The molecule has 0 unspecified atom stereocenters. The van der Waals surface area contributed by atoms with E-state index in [0.29, 0.717) is 5.52 Å². The first-order chi connectivity index (χ1) is 20.3. The van der Waals surface area contributed by atoms with Gasteiger partial charge in [-0.25, -0.2) is 4.79 Å². The Balaban J connectivity index is 1.15. The fourth-order valence-corrected chi connectivity index (χ4v) is 6.95. The third-order valence-electron chi connectivity index (χ3n) is 7.98. The molecule has 1 aromatic heterocycles. The number of piperidine rings is 1. The highest BCUT2D eigenvalue weighted by molar-refractivity contribution is 7.99. The molecule has 2 N–H and O–H groups in total. The van der Waals surface area contributed by atoms with Gasteiger partial charge in [0.15, 0.2) is 0 Å². The molecule has 0 aliphatic carbocycles. The molecular weight excluding hydrogens is 573 g/mol. The molecule has 0 saturated carbocycles. The molecule has 0 radical (unpaired) electrons. The van der Waals surface area contributed by atoms with Crippen LogP contribution in [0.5, 0.6) is 0 Å². The average molecular weight is 617 g/mol. The number of halogens is 3. The highest BCUT2D eigenvalue weighted by Crippen LogP contribution is 2.34. The molecule has 43 heavy (non-hydrogen) atoms. The second-order valence-corrected chi connectivity index (χ2v) is 13.4. The number of nitrogens with one attached hydrogen (secondary N) is 1. The number of benzene rings is 2. The molecule has 2 aromatic carbocycles. The van der Waals surface area contributed by atoms with Gasteiger partial charge in [-0.15, -0.1) is 11.8 Å². The van der Waals surface area contributed by atoms with Crippen molar-refractivity contribution in [3.05, 3.63) is 59.8 Å². The first-order valence-corrected chi connectivity index (χ1v) is 16.0. The molecule has 1 fully saturated rings. The maximum absolute atomic E-state index is 13.0. The van der Waals surface area contributed by atoms with E-state index in [1.54, 1.807) is 22.9 Å². The van der Waals surface area contributed by atoms with Gasteiger partial charge in [0.05, 0.1) is 11.1 Å². The van der Waals surface area contributed by atoms with Gasteiger partial charge in [0.1, 0.15) is 0 Å². The van der Waals surface area contributed by atoms with Crippen molar-refractivity contribution in [2.75, 3.05) is 35.6 Å². The number of carbonyl (C=O) groups is 1. The number of pyridine rings is 1. The van der Waals surface area contributed by atoms with Gasteiger partial charge < -0.3 is 20.2 Å². The lowest BCUT2D eigenvalue weighted by Gasteiger charge is -2.44. The van der Waals surface area contributed by atoms with E-state index in [1.165, 1.54) is 17.3 Å². The lowest BCUT2D eigenvalue weighted by molar-refractivity contribution is -0.137. The van der Waals surface area contributed by atoms with E-state index in [0.717, 1.165) is 92.0 Å². The number of unbranched alkanes of at least 4 members (excludes halogenated alkanes) is 3. The maximum atomic E-state index is 13.0. The van der Waals surface area contributed by atoms with Gasteiger partial charge in [-0.3, -0.25) is 4.98 Å². The van der Waals surface area contributed by atoms with Crippen molar-refractivity contribution in [2.45, 2.75) is 88.9 Å². The van der Waals surface area contributed by atoms with Gasteiger partial charge in [-0.05, 0) is 101 Å². The van der Waals surface area contributed by atoms with Crippen LogP contribution < -0.4 is 10.2 Å². The number of alkyl halides is 3. The number of aromatic nitrogens is 1. The van der Waals surface area contributed by atoms with E-state index in [1.807, 2.05) is 26.8 Å². The number of nitrogens with zero attached hydrogens (tertiary/aromatic N) is 3. The minimum absolute atomic E-state index is 0.0410. The monoisotopic (exact) mass is 616 g/mol. The van der Waals surface area contributed by atoms with Crippen LogP contribution in [0.3, 0.4) is 0 Å². The van der Waals surface area contributed by atoms with Gasteiger partial charge in [-0.1, -0.05) is 18.9 Å². The number of carboxylic acid groups (broad SMARTS) is 1. The third kappa shape index (κ3) is 8.71. The number of hydrogen-bond donors (Lipinski definition) is 2. The van der Waals surface area contributed by atoms with Crippen molar-refractivity contribution in [3.63, 3.8) is 0 Å². The topological polar surface area (TPSA) is 68.7 Å². The summed E-state index contributed by atoms with van der Waals surface area (Å²) in [4.78, 5) is 20.9. The van der Waals surface area contributed by atoms with Crippen LogP contribution in [-0.4, -0.2) is 58.1 Å². The smallest absolute Gasteiger partial charge is 0.416 e. The molecule has 0 bridgehead atoms. The van der Waals surface area contributed by atoms with E-state index in [4.69, 9.17) is 0 Å². The largest absolute Gasteiger partial charge is 0.465 e. The molecule has 1 aliphatic rings. The fraction of sp³-hybridized carbons (Fsp3) is 0.515. The first kappa shape index (κ1) is 32.8. The van der Waals surface area contributed by atoms with Crippen molar-refractivity contribution in [1.29, 1.82) is 0 Å². The van der Waals surface area contributed by atoms with Crippen molar-refractivity contribution >= 4 is 40.1 Å². The molecule has 6 nitrogen and oxygen atoms in total. The zero-order valence-corrected chi connectivity index (χ0v) is 26.3. The van der Waals surface area contributed by atoms with Crippen molar-refractivity contribution in [3.8, 4) is 0 Å². The molecule has 1 saturated heterocycles. The van der Waals surface area contributed by atoms with E-state index in [-0.39, 0.29) is 6.04 Å². The summed E-state index contributed by atoms with van der Waals surface area (Å²) in [5, 5.41) is 14.0. The summed E-state index contributed by atoms with van der Waals surface area (Å²) in [6.07, 6.45) is 2.32. The first-order valence-electron chi connectivity index (χ1n) is 15.0. The Hall–Kier alpha value is -3.14. The maximum Gasteiger partial charge on any atom is 0.416 e. The number of anilines is 2. The molecule has 4 rings (SSSR count). The summed E-state index contributed by atoms with van der Waals surface area (Å²) in [6.45, 7) is 10.6. The minimum atomic E-state index is -4.37. The van der Waals surface area contributed by atoms with Crippen molar-refractivity contribution < 1.29 is 23.1 Å². The summed E-state index contributed by atoms with van der Waals surface area (Å²) in [5.74, 6) is 0.913. The van der Waals surface area contributed by atoms with E-state index in [2.05, 4.69) is 40.3 Å². The predicted octanol–water partition coefficient (Wildman–Crippen LogP) is 9.07. The molecule has 1 aliphatic heterocycles. The standard InChI is InChI=1S/C33H43F3N4O2S/c1-23-21-25(10-12-29(23)39-18-14-26(15-19-39)40(31(41)42)32(2,3)4)37-16-7-5-6-8-20-43-30-13-17-38-28-22-24(33(34,35)36)9-11-27(28)30/h9-13,17,21-22,26,37H,5-8,14-16,18-20H2,1-4H3,(H,41,42). The summed E-state index contributed by atoms with van der Waals surface area (Å²) in [5.41, 5.74) is 2.83. The summed E-state index contributed by atoms with van der Waals surface area (Å²) in [7, 11) is 0. The van der Waals surface area contributed by atoms with E-state index >= 15 is 0 Å². The normalized spacial score (nSPS) is 14.7. The molecule has 234 valence electrons. The van der Waals surface area contributed by atoms with Gasteiger partial charge in [0, 0.05) is 59.1 Å². The molecule has 0 atom stereocenters. The summed E-state index contributed by atoms with van der Waals surface area (Å²) in [6, 6.07) is 12.2. The quantitative estimate of drug-likeness (QED) is 0.165. The SMILES string of the molecule is Cc1cc(NCCCCCCSc2ccnc3cc(C(F)(F)F)ccc23)ccc1N1CCC(N(C(=O)O)C(C)(C)C)CC1. The van der Waals surface area contributed by atoms with Crippen LogP contribution in [0.1, 0.15) is 70.4 Å². The lowest BCUT2D eigenvalue weighted by Crippen LogP contribution is -2.54. The average Bonchev–Trinajstić information content (AvgIpc) is 2.93. The number of aryl methyl sites for hydroxylation is 1. The van der Waals surface area contributed by atoms with Crippen LogP contribution in [0.4, 0.5) is 29.3 Å². The van der Waals surface area contributed by atoms with Crippen LogP contribution in [0.2, 0.25) is 0 Å². The van der Waals surface area contributed by atoms with Gasteiger partial charge >= 0.3 is 12.3 Å². The van der Waals surface area contributed by atoms with Gasteiger partial charge in [0.25, 0.3) is 0 Å². The van der Waals surface area contributed by atoms with Crippen molar-refractivity contribution in [1.82, 2.24) is 9.88 Å². The zero-order valence-electron chi connectivity index (χ0n) is 25.5. The molecule has 2 heterocycles. The van der Waals surface area contributed by atoms with E-state index in [9.17, 15) is 23.1 Å². The Bertz CT molecular complexity index is 1380. The third-order valence-corrected chi connectivity index (χ3v) is 9.14. The fourth-order valence-electron chi connectivity index (χ4n) is 5.90. The Kier molecular flexibility index (Phi) is 10.7. The number of rotatable bonds is 11. The predicted molar refractivity (Wildman–Crippen MR) is 170 cm³/mol. The number of fused-ring (bicyclic) bond motifs is 1. The molecule has 1 amide bonds. The molecular formula is C33H43F3N4O2S. The highest BCUT2D eigenvalue weighted by atomic mass is 32.2. The second-order valence-electron chi connectivity index (χ2n) is 12.3. The van der Waals surface area contributed by atoms with Crippen LogP contribution in [0.15, 0.2) is 53.6 Å². The Morgan fingerprint density at radius 2 is 1.77 bits per heavy atom. The summed E-state index contributed by atoms with van der Waals surface area (Å²) < 4.78 is 39.0. The van der Waals surface area contributed by atoms with Crippen LogP contribution in [0.25, 0.3) is 10.9 Å². The Labute approximate surface area is 257 Å². The van der Waals surface area contributed by atoms with Crippen LogP contribution in [-0.2, 0) is 6.18 Å². The van der Waals surface area contributed by atoms with Gasteiger partial charge in [-0.2, -0.15) is 13.2 Å². The highest BCUT2D eigenvalue weighted by Gasteiger charge is 2.35. The number of hydrogen-bond acceptors (Lipinski definition) is 5. The Morgan fingerprint density at radius 1 is 1.05 bits per heavy atom. The van der Waals surface area contributed by atoms with E-state index < -0.39 is 23.4 Å². The zero-order chi connectivity index (χ0) is 31.2. The van der Waals surface area contributed by atoms with Crippen LogP contribution in [0, 0.1) is 6.92 Å². The number of amides is 1. The minimum Gasteiger partial charge on any atom is -0.465 e. The summed E-state index contributed by atoms with van der Waals surface area (Å²) >= 11 is 1.67. The molecule has 3 aromatic rings. The molecule has 10 heteroatoms. The second kappa shape index (κ2) is 14.1.